The molecule has 0 heterocycles. The number of rotatable bonds is 5. The molecular formula is C18H18O3. The fourth-order valence-electron chi connectivity index (χ4n) is 1.81. The monoisotopic (exact) mass is 282 g/mol. The zero-order valence-electron chi connectivity index (χ0n) is 12.0. The summed E-state index contributed by atoms with van der Waals surface area (Å²) in [6.45, 7) is 0.499. The van der Waals surface area contributed by atoms with Crippen molar-refractivity contribution in [3.63, 3.8) is 0 Å². The van der Waals surface area contributed by atoms with Crippen LogP contribution in [0.15, 0.2) is 48.5 Å². The van der Waals surface area contributed by atoms with E-state index >= 15 is 0 Å². The van der Waals surface area contributed by atoms with E-state index in [1.165, 1.54) is 0 Å². The van der Waals surface area contributed by atoms with Crippen molar-refractivity contribution in [1.82, 2.24) is 0 Å². The van der Waals surface area contributed by atoms with Crippen molar-refractivity contribution < 1.29 is 14.6 Å². The van der Waals surface area contributed by atoms with Crippen molar-refractivity contribution >= 4 is 0 Å². The maximum absolute atomic E-state index is 8.85. The van der Waals surface area contributed by atoms with Gasteiger partial charge in [0.25, 0.3) is 0 Å². The van der Waals surface area contributed by atoms with Crippen LogP contribution in [0.1, 0.15) is 11.1 Å². The van der Waals surface area contributed by atoms with Gasteiger partial charge in [0.2, 0.25) is 0 Å². The molecular weight excluding hydrogens is 264 g/mol. The van der Waals surface area contributed by atoms with E-state index in [1.54, 1.807) is 7.11 Å². The van der Waals surface area contributed by atoms with Gasteiger partial charge in [-0.3, -0.25) is 0 Å². The second-order valence-electron chi connectivity index (χ2n) is 4.44. The summed E-state index contributed by atoms with van der Waals surface area (Å²) in [6, 6.07) is 15.3. The lowest BCUT2D eigenvalue weighted by Crippen LogP contribution is -1.95. The van der Waals surface area contributed by atoms with Crippen LogP contribution in [0, 0.1) is 11.8 Å². The SMILES string of the molecule is COc1ccc(C#CCOc2ccc(CCO)cc2)cc1. The van der Waals surface area contributed by atoms with Crippen LogP contribution in [-0.4, -0.2) is 25.4 Å². The molecule has 0 radical (unpaired) electrons. The Hall–Kier alpha value is -2.44. The van der Waals surface area contributed by atoms with E-state index in [1.807, 2.05) is 48.5 Å². The molecule has 0 atom stereocenters. The van der Waals surface area contributed by atoms with Gasteiger partial charge in [0, 0.05) is 12.2 Å². The van der Waals surface area contributed by atoms with Crippen LogP contribution in [0.5, 0.6) is 11.5 Å². The predicted octanol–water partition coefficient (Wildman–Crippen LogP) is 2.66. The first-order valence-electron chi connectivity index (χ1n) is 6.77. The highest BCUT2D eigenvalue weighted by Crippen LogP contribution is 2.12. The van der Waals surface area contributed by atoms with E-state index in [4.69, 9.17) is 14.6 Å². The first-order chi connectivity index (χ1) is 10.3. The third kappa shape index (κ3) is 4.87. The summed E-state index contributed by atoms with van der Waals surface area (Å²) in [7, 11) is 1.64. The highest BCUT2D eigenvalue weighted by molar-refractivity contribution is 5.38. The second kappa shape index (κ2) is 7.98. The summed E-state index contributed by atoms with van der Waals surface area (Å²) in [6.07, 6.45) is 0.664. The molecule has 21 heavy (non-hydrogen) atoms. The molecule has 0 saturated carbocycles. The van der Waals surface area contributed by atoms with Gasteiger partial charge in [-0.25, -0.2) is 0 Å². The molecule has 2 aromatic carbocycles. The minimum Gasteiger partial charge on any atom is -0.497 e. The van der Waals surface area contributed by atoms with Gasteiger partial charge in [0.15, 0.2) is 0 Å². The lowest BCUT2D eigenvalue weighted by Gasteiger charge is -2.03. The van der Waals surface area contributed by atoms with E-state index in [2.05, 4.69) is 11.8 Å². The number of methoxy groups -OCH3 is 1. The molecule has 0 saturated heterocycles. The van der Waals surface area contributed by atoms with Crippen LogP contribution in [0.2, 0.25) is 0 Å². The minimum atomic E-state index is 0.160. The largest absolute Gasteiger partial charge is 0.497 e. The molecule has 0 amide bonds. The van der Waals surface area contributed by atoms with Crippen LogP contribution >= 0.6 is 0 Å². The third-order valence-electron chi connectivity index (χ3n) is 2.96. The molecule has 1 N–H and O–H groups in total. The lowest BCUT2D eigenvalue weighted by molar-refractivity contribution is 0.299. The highest BCUT2D eigenvalue weighted by Gasteiger charge is 1.94. The molecule has 0 aliphatic rings. The quantitative estimate of drug-likeness (QED) is 0.857. The average Bonchev–Trinajstić information content (AvgIpc) is 2.54. The molecule has 2 rings (SSSR count). The number of ether oxygens (including phenoxy) is 2. The van der Waals surface area contributed by atoms with Crippen molar-refractivity contribution in [3.05, 3.63) is 59.7 Å². The summed E-state index contributed by atoms with van der Waals surface area (Å²) in [5.41, 5.74) is 2.02. The van der Waals surface area contributed by atoms with Crippen molar-refractivity contribution in [3.8, 4) is 23.3 Å². The van der Waals surface area contributed by atoms with Crippen LogP contribution < -0.4 is 9.47 Å². The Labute approximate surface area is 125 Å². The highest BCUT2D eigenvalue weighted by atomic mass is 16.5. The Kier molecular flexibility index (Phi) is 5.69. The van der Waals surface area contributed by atoms with Crippen molar-refractivity contribution in [2.45, 2.75) is 6.42 Å². The van der Waals surface area contributed by atoms with E-state index in [0.717, 1.165) is 22.6 Å². The first kappa shape index (κ1) is 15.0. The lowest BCUT2D eigenvalue weighted by atomic mass is 10.1. The Morgan fingerprint density at radius 1 is 0.952 bits per heavy atom. The van der Waals surface area contributed by atoms with Crippen LogP contribution in [0.4, 0.5) is 0 Å². The maximum Gasteiger partial charge on any atom is 0.149 e. The van der Waals surface area contributed by atoms with Crippen LogP contribution in [0.25, 0.3) is 0 Å². The molecule has 3 nitrogen and oxygen atoms in total. The zero-order chi connectivity index (χ0) is 14.9. The van der Waals surface area contributed by atoms with Gasteiger partial charge < -0.3 is 14.6 Å². The van der Waals surface area contributed by atoms with Crippen molar-refractivity contribution in [2.24, 2.45) is 0 Å². The number of hydrogen-bond acceptors (Lipinski definition) is 3. The van der Waals surface area contributed by atoms with Crippen LogP contribution in [-0.2, 0) is 6.42 Å². The van der Waals surface area contributed by atoms with Crippen molar-refractivity contribution in [1.29, 1.82) is 0 Å². The summed E-state index contributed by atoms with van der Waals surface area (Å²) >= 11 is 0. The standard InChI is InChI=1S/C18H18O3/c1-20-17-8-4-15(5-9-17)3-2-14-21-18-10-6-16(7-11-18)12-13-19/h4-11,19H,12-14H2,1H3. The van der Waals surface area contributed by atoms with Gasteiger partial charge in [0.05, 0.1) is 7.11 Å². The Bertz CT molecular complexity index is 604. The zero-order valence-corrected chi connectivity index (χ0v) is 12.0. The van der Waals surface area contributed by atoms with Gasteiger partial charge in [-0.1, -0.05) is 24.0 Å². The molecule has 108 valence electrons. The van der Waals surface area contributed by atoms with Crippen molar-refractivity contribution in [2.75, 3.05) is 20.3 Å². The third-order valence-corrected chi connectivity index (χ3v) is 2.96. The molecule has 2 aromatic rings. The topological polar surface area (TPSA) is 38.7 Å². The van der Waals surface area contributed by atoms with Gasteiger partial charge in [-0.05, 0) is 48.4 Å². The molecule has 0 aliphatic carbocycles. The summed E-state index contributed by atoms with van der Waals surface area (Å²) in [5.74, 6) is 7.61. The Morgan fingerprint density at radius 2 is 1.62 bits per heavy atom. The van der Waals surface area contributed by atoms with Gasteiger partial charge in [0.1, 0.15) is 18.1 Å². The number of aliphatic hydroxyl groups is 1. The Morgan fingerprint density at radius 3 is 2.24 bits per heavy atom. The molecule has 0 aromatic heterocycles. The fraction of sp³-hybridized carbons (Fsp3) is 0.222. The second-order valence-corrected chi connectivity index (χ2v) is 4.44. The summed E-state index contributed by atoms with van der Waals surface area (Å²) in [5, 5.41) is 8.85. The maximum atomic E-state index is 8.85. The minimum absolute atomic E-state index is 0.160. The van der Waals surface area contributed by atoms with Gasteiger partial charge in [-0.15, -0.1) is 0 Å². The van der Waals surface area contributed by atoms with Gasteiger partial charge >= 0.3 is 0 Å². The van der Waals surface area contributed by atoms with Crippen LogP contribution in [0.3, 0.4) is 0 Å². The molecule has 0 spiro atoms. The summed E-state index contributed by atoms with van der Waals surface area (Å²) < 4.78 is 10.6. The molecule has 0 unspecified atom stereocenters. The van der Waals surface area contributed by atoms with Gasteiger partial charge in [-0.2, -0.15) is 0 Å². The fourth-order valence-corrected chi connectivity index (χ4v) is 1.81. The molecule has 3 heteroatoms. The molecule has 0 bridgehead atoms. The Balaban J connectivity index is 1.84. The van der Waals surface area contributed by atoms with E-state index in [9.17, 15) is 0 Å². The molecule has 0 aliphatic heterocycles. The van der Waals surface area contributed by atoms with E-state index in [-0.39, 0.29) is 6.61 Å². The van der Waals surface area contributed by atoms with E-state index in [0.29, 0.717) is 13.0 Å². The number of aliphatic hydroxyl groups excluding tert-OH is 1. The number of hydrogen-bond donors (Lipinski definition) is 1. The average molecular weight is 282 g/mol. The van der Waals surface area contributed by atoms with E-state index < -0.39 is 0 Å². The normalized spacial score (nSPS) is 9.62. The number of benzene rings is 2. The smallest absolute Gasteiger partial charge is 0.149 e. The predicted molar refractivity (Wildman–Crippen MR) is 82.6 cm³/mol. The first-order valence-corrected chi connectivity index (χ1v) is 6.77. The summed E-state index contributed by atoms with van der Waals surface area (Å²) in [4.78, 5) is 0. The molecule has 0 fully saturated rings.